The van der Waals surface area contributed by atoms with Crippen molar-refractivity contribution >= 4 is 27.5 Å². The maximum Gasteiger partial charge on any atom is 0.236 e. The number of hydrogen-bond acceptors (Lipinski definition) is 4. The first-order valence-electron chi connectivity index (χ1n) is 7.47. The van der Waals surface area contributed by atoms with Crippen molar-refractivity contribution in [2.45, 2.75) is 25.8 Å². The second-order valence-corrected chi connectivity index (χ2v) is 6.84. The largest absolute Gasteiger partial charge is 0.335 e. The van der Waals surface area contributed by atoms with Gasteiger partial charge in [0.05, 0.1) is 22.8 Å². The third-order valence-corrected chi connectivity index (χ3v) is 5.25. The van der Waals surface area contributed by atoms with Gasteiger partial charge < -0.3 is 10.2 Å². The highest BCUT2D eigenvalue weighted by Crippen LogP contribution is 2.29. The van der Waals surface area contributed by atoms with Gasteiger partial charge in [-0.1, -0.05) is 12.1 Å². The Hall–Kier alpha value is -1.46. The van der Waals surface area contributed by atoms with E-state index >= 15 is 0 Å². The maximum absolute atomic E-state index is 12.2. The van der Waals surface area contributed by atoms with Crippen molar-refractivity contribution in [2.24, 2.45) is 5.92 Å². The highest BCUT2D eigenvalue weighted by Gasteiger charge is 2.23. The number of carbonyl (C=O) groups is 1. The van der Waals surface area contributed by atoms with Crippen molar-refractivity contribution in [1.82, 2.24) is 15.2 Å². The van der Waals surface area contributed by atoms with Gasteiger partial charge in [0.15, 0.2) is 0 Å². The van der Waals surface area contributed by atoms with Crippen molar-refractivity contribution in [2.75, 3.05) is 20.1 Å². The van der Waals surface area contributed by atoms with Gasteiger partial charge in [-0.3, -0.25) is 4.79 Å². The van der Waals surface area contributed by atoms with Gasteiger partial charge in [0.25, 0.3) is 0 Å². The summed E-state index contributed by atoms with van der Waals surface area (Å²) in [6, 6.07) is 8.11. The minimum atomic E-state index is 0.0117. The molecule has 0 bridgehead atoms. The molecule has 1 heterocycles. The number of nitrogens with zero attached hydrogens (tertiary/aromatic N) is 2. The van der Waals surface area contributed by atoms with E-state index in [1.54, 1.807) is 16.2 Å². The highest BCUT2D eigenvalue weighted by atomic mass is 32.1. The Labute approximate surface area is 129 Å². The van der Waals surface area contributed by atoms with Crippen LogP contribution in [0.1, 0.15) is 30.8 Å². The lowest BCUT2D eigenvalue weighted by molar-refractivity contribution is -0.130. The molecule has 1 aliphatic rings. The first-order chi connectivity index (χ1) is 10.1. The van der Waals surface area contributed by atoms with Gasteiger partial charge in [-0.25, -0.2) is 4.98 Å². The summed E-state index contributed by atoms with van der Waals surface area (Å²) in [5.74, 6) is 0.923. The van der Waals surface area contributed by atoms with Crippen LogP contribution in [0, 0.1) is 5.92 Å². The maximum atomic E-state index is 12.2. The lowest BCUT2D eigenvalue weighted by atomic mass is 10.3. The fourth-order valence-electron chi connectivity index (χ4n) is 2.28. The molecule has 1 fully saturated rings. The van der Waals surface area contributed by atoms with Crippen molar-refractivity contribution in [3.63, 3.8) is 0 Å². The molecule has 1 amide bonds. The van der Waals surface area contributed by atoms with E-state index < -0.39 is 0 Å². The Kier molecular flexibility index (Phi) is 4.22. The zero-order valence-corrected chi connectivity index (χ0v) is 13.3. The van der Waals surface area contributed by atoms with Gasteiger partial charge in [0.1, 0.15) is 5.01 Å². The Balaban J connectivity index is 1.62. The fourth-order valence-corrected chi connectivity index (χ4v) is 3.34. The standard InChI is InChI=1S/C16H21N3OS/c1-11(16-18-13-5-3-4-6-14(13)21-16)19(2)15(20)10-17-9-12-7-8-12/h3-6,11-12,17H,7-10H2,1-2H3. The molecule has 0 spiro atoms. The average Bonchev–Trinajstić information content (AvgIpc) is 3.21. The summed E-state index contributed by atoms with van der Waals surface area (Å²) in [5.41, 5.74) is 1.01. The summed E-state index contributed by atoms with van der Waals surface area (Å²) < 4.78 is 1.17. The lowest BCUT2D eigenvalue weighted by Crippen LogP contribution is -2.37. The molecule has 0 saturated heterocycles. The molecular weight excluding hydrogens is 282 g/mol. The SMILES string of the molecule is CC(c1nc2ccccc2s1)N(C)C(=O)CNCC1CC1. The number of nitrogens with one attached hydrogen (secondary N) is 1. The number of benzene rings is 1. The summed E-state index contributed by atoms with van der Waals surface area (Å²) in [6.07, 6.45) is 2.61. The van der Waals surface area contributed by atoms with Crippen molar-refractivity contribution < 1.29 is 4.79 Å². The fraction of sp³-hybridized carbons (Fsp3) is 0.500. The van der Waals surface area contributed by atoms with Crippen LogP contribution >= 0.6 is 11.3 Å². The first-order valence-corrected chi connectivity index (χ1v) is 8.28. The molecule has 0 radical (unpaired) electrons. The second kappa shape index (κ2) is 6.12. The second-order valence-electron chi connectivity index (χ2n) is 5.77. The number of thiazole rings is 1. The summed E-state index contributed by atoms with van der Waals surface area (Å²) >= 11 is 1.66. The van der Waals surface area contributed by atoms with E-state index in [0.29, 0.717) is 6.54 Å². The van der Waals surface area contributed by atoms with E-state index in [1.165, 1.54) is 17.5 Å². The monoisotopic (exact) mass is 303 g/mol. The molecule has 1 aromatic carbocycles. The highest BCUT2D eigenvalue weighted by molar-refractivity contribution is 7.18. The van der Waals surface area contributed by atoms with Gasteiger partial charge in [-0.2, -0.15) is 0 Å². The van der Waals surface area contributed by atoms with E-state index in [9.17, 15) is 4.79 Å². The summed E-state index contributed by atoms with van der Waals surface area (Å²) in [7, 11) is 1.86. The molecule has 1 N–H and O–H groups in total. The summed E-state index contributed by atoms with van der Waals surface area (Å²) in [4.78, 5) is 18.6. The van der Waals surface area contributed by atoms with Gasteiger partial charge in [0.2, 0.25) is 5.91 Å². The molecule has 1 saturated carbocycles. The van der Waals surface area contributed by atoms with E-state index in [2.05, 4.69) is 16.4 Å². The van der Waals surface area contributed by atoms with E-state index in [1.807, 2.05) is 32.2 Å². The smallest absolute Gasteiger partial charge is 0.236 e. The molecule has 5 heteroatoms. The Morgan fingerprint density at radius 1 is 1.48 bits per heavy atom. The number of hydrogen-bond donors (Lipinski definition) is 1. The predicted molar refractivity (Wildman–Crippen MR) is 86.4 cm³/mol. The van der Waals surface area contributed by atoms with Crippen LogP contribution in [0.3, 0.4) is 0 Å². The molecule has 1 atom stereocenters. The topological polar surface area (TPSA) is 45.2 Å². The number of aromatic nitrogens is 1. The number of likely N-dealkylation sites (N-methyl/N-ethyl adjacent to an activating group) is 1. The van der Waals surface area contributed by atoms with Gasteiger partial charge >= 0.3 is 0 Å². The molecule has 112 valence electrons. The van der Waals surface area contributed by atoms with Crippen LogP contribution in [-0.4, -0.2) is 35.9 Å². The number of carbonyl (C=O) groups excluding carboxylic acids is 1. The third-order valence-electron chi connectivity index (χ3n) is 4.05. The molecule has 21 heavy (non-hydrogen) atoms. The van der Waals surface area contributed by atoms with Crippen LogP contribution in [0.5, 0.6) is 0 Å². The first kappa shape index (κ1) is 14.5. The Morgan fingerprint density at radius 2 is 2.24 bits per heavy atom. The van der Waals surface area contributed by atoms with Gasteiger partial charge in [0, 0.05) is 7.05 Å². The van der Waals surface area contributed by atoms with Crippen LogP contribution < -0.4 is 5.32 Å². The minimum absolute atomic E-state index is 0.0117. The van der Waals surface area contributed by atoms with Crippen molar-refractivity contribution in [1.29, 1.82) is 0 Å². The number of para-hydroxylation sites is 1. The van der Waals surface area contributed by atoms with E-state index in [0.717, 1.165) is 23.0 Å². The third kappa shape index (κ3) is 3.41. The van der Waals surface area contributed by atoms with Gasteiger partial charge in [-0.15, -0.1) is 11.3 Å². The van der Waals surface area contributed by atoms with Crippen molar-refractivity contribution in [3.05, 3.63) is 29.3 Å². The zero-order valence-electron chi connectivity index (χ0n) is 12.5. The molecular formula is C16H21N3OS. The summed E-state index contributed by atoms with van der Waals surface area (Å²) in [6.45, 7) is 3.42. The summed E-state index contributed by atoms with van der Waals surface area (Å²) in [5, 5.41) is 4.25. The van der Waals surface area contributed by atoms with Crippen LogP contribution in [0.25, 0.3) is 10.2 Å². The Morgan fingerprint density at radius 3 is 2.95 bits per heavy atom. The molecule has 0 aliphatic heterocycles. The quantitative estimate of drug-likeness (QED) is 0.892. The minimum Gasteiger partial charge on any atom is -0.335 e. The van der Waals surface area contributed by atoms with Crippen LogP contribution in [0.4, 0.5) is 0 Å². The molecule has 1 aromatic heterocycles. The molecule has 2 aromatic rings. The van der Waals surface area contributed by atoms with Crippen molar-refractivity contribution in [3.8, 4) is 0 Å². The van der Waals surface area contributed by atoms with Crippen LogP contribution in [0.15, 0.2) is 24.3 Å². The predicted octanol–water partition coefficient (Wildman–Crippen LogP) is 2.82. The number of amides is 1. The lowest BCUT2D eigenvalue weighted by Gasteiger charge is -2.23. The average molecular weight is 303 g/mol. The molecule has 4 nitrogen and oxygen atoms in total. The normalized spacial score (nSPS) is 16.1. The Bertz CT molecular complexity index is 602. The van der Waals surface area contributed by atoms with E-state index in [-0.39, 0.29) is 11.9 Å². The molecule has 1 unspecified atom stereocenters. The number of fused-ring (bicyclic) bond motifs is 1. The van der Waals surface area contributed by atoms with Crippen LogP contribution in [0.2, 0.25) is 0 Å². The molecule has 3 rings (SSSR count). The number of rotatable bonds is 6. The zero-order chi connectivity index (χ0) is 14.8. The molecule has 1 aliphatic carbocycles. The van der Waals surface area contributed by atoms with Gasteiger partial charge in [-0.05, 0) is 44.4 Å². The van der Waals surface area contributed by atoms with Crippen LogP contribution in [-0.2, 0) is 4.79 Å². The van der Waals surface area contributed by atoms with E-state index in [4.69, 9.17) is 0 Å².